The Kier molecular flexibility index (Phi) is 8.33. The summed E-state index contributed by atoms with van der Waals surface area (Å²) in [5.74, 6) is 3.53. The van der Waals surface area contributed by atoms with E-state index in [-0.39, 0.29) is 12.0 Å². The van der Waals surface area contributed by atoms with Gasteiger partial charge in [0.05, 0.1) is 33.1 Å². The maximum Gasteiger partial charge on any atom is 0.221 e. The lowest BCUT2D eigenvalue weighted by atomic mass is 9.92. The lowest BCUT2D eigenvalue weighted by Crippen LogP contribution is -2.68. The van der Waals surface area contributed by atoms with Gasteiger partial charge in [0, 0.05) is 22.3 Å². The summed E-state index contributed by atoms with van der Waals surface area (Å²) in [5, 5.41) is 7.68. The number of allylic oxidation sites excluding steroid dienone is 2. The molecular formula is C60H41N5OSi. The highest BCUT2D eigenvalue weighted by molar-refractivity contribution is 7.16. The van der Waals surface area contributed by atoms with Gasteiger partial charge in [0.15, 0.2) is 8.07 Å². The van der Waals surface area contributed by atoms with Crippen LogP contribution in [0.3, 0.4) is 0 Å². The molecule has 2 unspecified atom stereocenters. The first-order chi connectivity index (χ1) is 33.2. The van der Waals surface area contributed by atoms with Gasteiger partial charge < -0.3 is 4.74 Å². The molecule has 0 N–H and O–H groups in total. The number of aromatic nitrogens is 5. The van der Waals surface area contributed by atoms with Crippen molar-refractivity contribution in [1.29, 1.82) is 0 Å². The Morgan fingerprint density at radius 1 is 0.448 bits per heavy atom. The van der Waals surface area contributed by atoms with E-state index in [0.29, 0.717) is 0 Å². The average Bonchev–Trinajstić information content (AvgIpc) is 4.14. The van der Waals surface area contributed by atoms with Crippen molar-refractivity contribution in [3.63, 3.8) is 0 Å². The molecule has 316 valence electrons. The van der Waals surface area contributed by atoms with Crippen LogP contribution >= 0.6 is 0 Å². The number of fused-ring (bicyclic) bond motifs is 11. The number of hydrogen-bond acceptors (Lipinski definition) is 3. The van der Waals surface area contributed by atoms with Gasteiger partial charge in [-0.25, -0.2) is 9.97 Å². The van der Waals surface area contributed by atoms with Crippen LogP contribution < -0.4 is 20.3 Å². The van der Waals surface area contributed by atoms with Gasteiger partial charge in [-0.3, -0.25) is 13.5 Å². The predicted molar refractivity (Wildman–Crippen MR) is 275 cm³/mol. The fourth-order valence-electron chi connectivity index (χ4n) is 11.3. The lowest BCUT2D eigenvalue weighted by Gasteiger charge is -2.37. The second-order valence-corrected chi connectivity index (χ2v) is 21.5. The molecule has 0 fully saturated rings. The number of nitrogens with zero attached hydrogens (tertiary/aromatic N) is 5. The van der Waals surface area contributed by atoms with Crippen molar-refractivity contribution in [3.8, 4) is 28.5 Å². The summed E-state index contributed by atoms with van der Waals surface area (Å²) < 4.78 is 13.4. The Hall–Kier alpha value is -8.52. The van der Waals surface area contributed by atoms with Crippen molar-refractivity contribution < 1.29 is 4.74 Å². The molecule has 0 saturated carbocycles. The Balaban J connectivity index is 1.05. The van der Waals surface area contributed by atoms with E-state index in [1.807, 2.05) is 0 Å². The smallest absolute Gasteiger partial charge is 0.221 e. The van der Waals surface area contributed by atoms with E-state index in [1.165, 1.54) is 37.1 Å². The molecule has 1 aliphatic carbocycles. The van der Waals surface area contributed by atoms with Crippen LogP contribution in [-0.2, 0) is 0 Å². The molecule has 6 nitrogen and oxygen atoms in total. The number of imidazole rings is 2. The van der Waals surface area contributed by atoms with Gasteiger partial charge in [0.2, 0.25) is 5.78 Å². The first-order valence-electron chi connectivity index (χ1n) is 23.0. The molecule has 5 heterocycles. The first-order valence-corrected chi connectivity index (χ1v) is 25.0. The number of hydrogen-bond donors (Lipinski definition) is 0. The third kappa shape index (κ3) is 5.62. The minimum Gasteiger partial charge on any atom is -0.485 e. The average molecular weight is 876 g/mol. The van der Waals surface area contributed by atoms with Crippen LogP contribution in [0, 0.1) is 0 Å². The quantitative estimate of drug-likeness (QED) is 0.118. The van der Waals surface area contributed by atoms with Crippen LogP contribution in [0.4, 0.5) is 0 Å². The molecule has 12 aromatic rings. The molecule has 0 saturated heterocycles. The van der Waals surface area contributed by atoms with E-state index >= 15 is 0 Å². The molecule has 2 aliphatic rings. The van der Waals surface area contributed by atoms with E-state index in [1.54, 1.807) is 0 Å². The van der Waals surface area contributed by atoms with Gasteiger partial charge in [-0.15, -0.1) is 0 Å². The van der Waals surface area contributed by atoms with Crippen LogP contribution in [0.15, 0.2) is 242 Å². The van der Waals surface area contributed by atoms with Crippen molar-refractivity contribution >= 4 is 73.3 Å². The summed E-state index contributed by atoms with van der Waals surface area (Å²) in [6.45, 7) is 0. The van der Waals surface area contributed by atoms with Gasteiger partial charge >= 0.3 is 0 Å². The van der Waals surface area contributed by atoms with Crippen LogP contribution in [0.5, 0.6) is 5.75 Å². The first kappa shape index (κ1) is 37.8. The zero-order chi connectivity index (χ0) is 44.1. The second kappa shape index (κ2) is 14.8. The zero-order valence-corrected chi connectivity index (χ0v) is 37.3. The number of rotatable bonds is 7. The number of para-hydroxylation sites is 7. The molecule has 14 rings (SSSR count). The standard InChI is InChI=1S/C60H41N5OSi/c1-3-19-42(20-4-1)67(43-21-5-2-6-22-43,45-34-35-57-49(39-45)48-26-9-16-33-56(48)66-57)44-23-17-18-40(36-44)41-37-58(63-51-28-11-7-24-46(51)47-25-8-12-29-52(47)63)62-59(38-41)65-55-32-15-14-31-54(55)64-53-30-13-10-27-50(53)61-60(64)65/h1-39,49,57H. The van der Waals surface area contributed by atoms with Gasteiger partial charge in [0.1, 0.15) is 23.5 Å². The minimum absolute atomic E-state index is 0.0378. The summed E-state index contributed by atoms with van der Waals surface area (Å²) in [4.78, 5) is 10.9. The molecule has 4 aromatic heterocycles. The molecule has 0 amide bonds. The highest BCUT2D eigenvalue weighted by Gasteiger charge is 2.45. The molecule has 67 heavy (non-hydrogen) atoms. The third-order valence-electron chi connectivity index (χ3n) is 14.1. The Bertz CT molecular complexity index is 3900. The molecule has 2 atom stereocenters. The zero-order valence-electron chi connectivity index (χ0n) is 36.3. The Labute approximate surface area is 387 Å². The fraction of sp³-hybridized carbons (Fsp3) is 0.0333. The molecule has 0 spiro atoms. The fourth-order valence-corrected chi connectivity index (χ4v) is 16.1. The molecule has 0 bridgehead atoms. The van der Waals surface area contributed by atoms with Gasteiger partial charge in [0.25, 0.3) is 0 Å². The van der Waals surface area contributed by atoms with E-state index in [2.05, 4.69) is 250 Å². The van der Waals surface area contributed by atoms with Gasteiger partial charge in [-0.1, -0.05) is 176 Å². The third-order valence-corrected chi connectivity index (χ3v) is 18.9. The van der Waals surface area contributed by atoms with Crippen molar-refractivity contribution in [1.82, 2.24) is 23.5 Å². The summed E-state index contributed by atoms with van der Waals surface area (Å²) in [5.41, 5.74) is 9.74. The predicted octanol–water partition coefficient (Wildman–Crippen LogP) is 11.6. The van der Waals surface area contributed by atoms with Crippen LogP contribution in [0.25, 0.3) is 72.4 Å². The number of benzene rings is 8. The molecule has 0 radical (unpaired) electrons. The monoisotopic (exact) mass is 875 g/mol. The highest BCUT2D eigenvalue weighted by Crippen LogP contribution is 2.43. The van der Waals surface area contributed by atoms with E-state index in [4.69, 9.17) is 14.7 Å². The van der Waals surface area contributed by atoms with Crippen molar-refractivity contribution in [2.45, 2.75) is 12.0 Å². The lowest BCUT2D eigenvalue weighted by molar-refractivity contribution is 0.268. The normalized spacial score (nSPS) is 15.6. The summed E-state index contributed by atoms with van der Waals surface area (Å²) in [7, 11) is -2.99. The number of ether oxygens (including phenoxy) is 1. The van der Waals surface area contributed by atoms with E-state index in [9.17, 15) is 0 Å². The molecule has 7 heteroatoms. The minimum atomic E-state index is -2.99. The van der Waals surface area contributed by atoms with Crippen LogP contribution in [0.1, 0.15) is 11.5 Å². The van der Waals surface area contributed by atoms with E-state index < -0.39 is 8.07 Å². The Morgan fingerprint density at radius 3 is 1.76 bits per heavy atom. The SMILES string of the molecule is C1=CC2Oc3ccccc3C2C=C1[Si](c1ccccc1)(c1ccccc1)c1cccc(-c2cc(-n3c4ccccc4c4ccccc43)nc(-n3c4ccccc4n4c5ccccc5nc34)c2)c1. The molecule has 1 aliphatic heterocycles. The topological polar surface area (TPSA) is 49.3 Å². The van der Waals surface area contributed by atoms with Gasteiger partial charge in [-0.05, 0) is 92.6 Å². The van der Waals surface area contributed by atoms with Crippen molar-refractivity contribution in [2.75, 3.05) is 0 Å². The van der Waals surface area contributed by atoms with E-state index in [0.717, 1.165) is 67.4 Å². The Morgan fingerprint density at radius 2 is 1.03 bits per heavy atom. The van der Waals surface area contributed by atoms with Gasteiger partial charge in [-0.2, -0.15) is 0 Å². The van der Waals surface area contributed by atoms with Crippen molar-refractivity contribution in [2.24, 2.45) is 0 Å². The highest BCUT2D eigenvalue weighted by atomic mass is 28.3. The maximum atomic E-state index is 6.54. The summed E-state index contributed by atoms with van der Waals surface area (Å²) in [6, 6.07) is 79.1. The van der Waals surface area contributed by atoms with Crippen LogP contribution in [-0.4, -0.2) is 37.7 Å². The second-order valence-electron chi connectivity index (χ2n) is 17.7. The molecular weight excluding hydrogens is 835 g/mol. The van der Waals surface area contributed by atoms with Crippen molar-refractivity contribution in [3.05, 3.63) is 247 Å². The summed E-state index contributed by atoms with van der Waals surface area (Å²) >= 11 is 0. The number of pyridine rings is 1. The molecule has 8 aromatic carbocycles. The largest absolute Gasteiger partial charge is 0.485 e. The summed E-state index contributed by atoms with van der Waals surface area (Å²) in [6.07, 6.45) is 7.15. The van der Waals surface area contributed by atoms with Crippen LogP contribution in [0.2, 0.25) is 0 Å². The maximum absolute atomic E-state index is 6.54.